The van der Waals surface area contributed by atoms with Gasteiger partial charge in [0.25, 0.3) is 0 Å². The third-order valence-corrected chi connectivity index (χ3v) is 2.02. The van der Waals surface area contributed by atoms with Crippen LogP contribution in [0, 0.1) is 0 Å². The van der Waals surface area contributed by atoms with E-state index in [4.69, 9.17) is 23.7 Å². The molecule has 0 aliphatic heterocycles. The van der Waals surface area contributed by atoms with Crippen LogP contribution >= 0.6 is 0 Å². The molecule has 0 bridgehead atoms. The third-order valence-electron chi connectivity index (χ3n) is 2.02. The first-order valence-electron chi connectivity index (χ1n) is 6.61. The standard InChI is InChI=1S/C14H22O8/c1-3-13(15)21-9-7-20-12-18-6-5-14(16)22-10-8-19-11-17-4-2/h3-4H,1-2,5-12H2. The Morgan fingerprint density at radius 2 is 1.45 bits per heavy atom. The highest BCUT2D eigenvalue weighted by molar-refractivity contribution is 5.81. The van der Waals surface area contributed by atoms with E-state index in [1.807, 2.05) is 0 Å². The number of esters is 2. The van der Waals surface area contributed by atoms with E-state index in [0.29, 0.717) is 0 Å². The summed E-state index contributed by atoms with van der Waals surface area (Å²) < 4.78 is 29.3. The first-order valence-corrected chi connectivity index (χ1v) is 6.61. The van der Waals surface area contributed by atoms with Crippen LogP contribution in [0.25, 0.3) is 0 Å². The second kappa shape index (κ2) is 15.5. The van der Waals surface area contributed by atoms with Gasteiger partial charge in [-0.05, 0) is 0 Å². The number of carbonyl (C=O) groups excluding carboxylic acids is 2. The number of ether oxygens (including phenoxy) is 6. The SMILES string of the molecule is C=COCOCCOC(=O)CCOCOCCOC(=O)C=C. The fraction of sp³-hybridized carbons (Fsp3) is 0.571. The zero-order valence-corrected chi connectivity index (χ0v) is 12.5. The van der Waals surface area contributed by atoms with Crippen LogP contribution in [0.15, 0.2) is 25.5 Å². The van der Waals surface area contributed by atoms with Gasteiger partial charge in [0, 0.05) is 6.08 Å². The zero-order chi connectivity index (χ0) is 16.5. The van der Waals surface area contributed by atoms with Crippen LogP contribution in [-0.2, 0) is 38.0 Å². The number of hydrogen-bond acceptors (Lipinski definition) is 8. The van der Waals surface area contributed by atoms with Crippen molar-refractivity contribution in [3.05, 3.63) is 25.5 Å². The summed E-state index contributed by atoms with van der Waals surface area (Å²) >= 11 is 0. The van der Waals surface area contributed by atoms with Gasteiger partial charge in [0.05, 0.1) is 32.5 Å². The van der Waals surface area contributed by atoms with E-state index in [1.54, 1.807) is 0 Å². The Kier molecular flexibility index (Phi) is 14.2. The molecule has 0 heterocycles. The van der Waals surface area contributed by atoms with Gasteiger partial charge in [0.15, 0.2) is 6.79 Å². The molecule has 0 spiro atoms. The molecule has 0 aliphatic carbocycles. The van der Waals surface area contributed by atoms with Crippen LogP contribution in [0.4, 0.5) is 0 Å². The number of carbonyl (C=O) groups is 2. The number of rotatable bonds is 15. The van der Waals surface area contributed by atoms with Crippen molar-refractivity contribution in [3.8, 4) is 0 Å². The van der Waals surface area contributed by atoms with Crippen molar-refractivity contribution < 1.29 is 38.0 Å². The molecule has 0 aromatic carbocycles. The highest BCUT2D eigenvalue weighted by atomic mass is 16.7. The third kappa shape index (κ3) is 14.5. The summed E-state index contributed by atoms with van der Waals surface area (Å²) in [5.41, 5.74) is 0. The Morgan fingerprint density at radius 1 is 0.818 bits per heavy atom. The largest absolute Gasteiger partial charge is 0.476 e. The van der Waals surface area contributed by atoms with Crippen LogP contribution in [-0.4, -0.2) is 58.6 Å². The van der Waals surface area contributed by atoms with Gasteiger partial charge in [-0.25, -0.2) is 4.79 Å². The molecule has 0 rings (SSSR count). The van der Waals surface area contributed by atoms with Crippen molar-refractivity contribution in [2.75, 3.05) is 46.6 Å². The van der Waals surface area contributed by atoms with E-state index < -0.39 is 11.9 Å². The summed E-state index contributed by atoms with van der Waals surface area (Å²) in [7, 11) is 0. The molecule has 0 aromatic heterocycles. The highest BCUT2D eigenvalue weighted by Crippen LogP contribution is 1.90. The average molecular weight is 318 g/mol. The Hall–Kier alpha value is -1.90. The number of hydrogen-bond donors (Lipinski definition) is 0. The smallest absolute Gasteiger partial charge is 0.330 e. The predicted octanol–water partition coefficient (Wildman–Crippen LogP) is 0.774. The lowest BCUT2D eigenvalue weighted by atomic mass is 10.5. The van der Waals surface area contributed by atoms with Crippen molar-refractivity contribution in [1.82, 2.24) is 0 Å². The summed E-state index contributed by atoms with van der Waals surface area (Å²) in [6, 6.07) is 0. The summed E-state index contributed by atoms with van der Waals surface area (Å²) in [5.74, 6) is -0.902. The normalized spacial score (nSPS) is 9.82. The molecule has 0 unspecified atom stereocenters. The quantitative estimate of drug-likeness (QED) is 0.144. The van der Waals surface area contributed by atoms with Crippen molar-refractivity contribution in [3.63, 3.8) is 0 Å². The van der Waals surface area contributed by atoms with Crippen LogP contribution < -0.4 is 0 Å². The van der Waals surface area contributed by atoms with E-state index in [2.05, 4.69) is 17.9 Å². The Balaban J connectivity index is 3.23. The second-order valence-electron chi connectivity index (χ2n) is 3.64. The minimum Gasteiger partial charge on any atom is -0.476 e. The molecule has 8 heteroatoms. The Bertz CT molecular complexity index is 329. The lowest BCUT2D eigenvalue weighted by molar-refractivity contribution is -0.150. The van der Waals surface area contributed by atoms with E-state index in [1.165, 1.54) is 6.26 Å². The van der Waals surface area contributed by atoms with Gasteiger partial charge in [-0.2, -0.15) is 0 Å². The van der Waals surface area contributed by atoms with E-state index in [0.717, 1.165) is 6.08 Å². The first-order chi connectivity index (χ1) is 10.7. The van der Waals surface area contributed by atoms with Gasteiger partial charge in [-0.1, -0.05) is 13.2 Å². The predicted molar refractivity (Wildman–Crippen MR) is 75.6 cm³/mol. The maximum absolute atomic E-state index is 11.3. The van der Waals surface area contributed by atoms with Crippen LogP contribution in [0.1, 0.15) is 6.42 Å². The lowest BCUT2D eigenvalue weighted by Gasteiger charge is -2.07. The van der Waals surface area contributed by atoms with Gasteiger partial charge >= 0.3 is 11.9 Å². The molecule has 0 aliphatic rings. The zero-order valence-electron chi connectivity index (χ0n) is 12.5. The van der Waals surface area contributed by atoms with Crippen molar-refractivity contribution in [2.24, 2.45) is 0 Å². The molecule has 0 fully saturated rings. The molecule has 22 heavy (non-hydrogen) atoms. The maximum Gasteiger partial charge on any atom is 0.330 e. The molecule has 126 valence electrons. The highest BCUT2D eigenvalue weighted by Gasteiger charge is 2.02. The van der Waals surface area contributed by atoms with Crippen LogP contribution in [0.5, 0.6) is 0 Å². The molecule has 0 amide bonds. The minimum absolute atomic E-state index is 0.000916. The molecule has 0 N–H and O–H groups in total. The van der Waals surface area contributed by atoms with Gasteiger partial charge in [0.2, 0.25) is 0 Å². The van der Waals surface area contributed by atoms with Gasteiger partial charge < -0.3 is 28.4 Å². The molecule has 0 aromatic rings. The van der Waals surface area contributed by atoms with E-state index in [9.17, 15) is 9.59 Å². The van der Waals surface area contributed by atoms with Crippen LogP contribution in [0.2, 0.25) is 0 Å². The maximum atomic E-state index is 11.3. The van der Waals surface area contributed by atoms with E-state index in [-0.39, 0.29) is 53.0 Å². The Morgan fingerprint density at radius 3 is 2.14 bits per heavy atom. The summed E-state index contributed by atoms with van der Waals surface area (Å²) in [6.07, 6.45) is 2.44. The summed E-state index contributed by atoms with van der Waals surface area (Å²) in [5, 5.41) is 0. The fourth-order valence-electron chi connectivity index (χ4n) is 1.03. The minimum atomic E-state index is -0.507. The van der Waals surface area contributed by atoms with Crippen molar-refractivity contribution >= 4 is 11.9 Å². The van der Waals surface area contributed by atoms with Crippen molar-refractivity contribution in [2.45, 2.75) is 6.42 Å². The molecule has 0 atom stereocenters. The average Bonchev–Trinajstić information content (AvgIpc) is 2.52. The molecule has 0 saturated heterocycles. The van der Waals surface area contributed by atoms with Crippen LogP contribution in [0.3, 0.4) is 0 Å². The molecular formula is C14H22O8. The summed E-state index contributed by atoms with van der Waals surface area (Å²) in [4.78, 5) is 21.9. The van der Waals surface area contributed by atoms with Gasteiger partial charge in [0.1, 0.15) is 20.0 Å². The molecule has 0 saturated carbocycles. The molecule has 0 radical (unpaired) electrons. The monoisotopic (exact) mass is 318 g/mol. The van der Waals surface area contributed by atoms with Gasteiger partial charge in [-0.3, -0.25) is 4.79 Å². The van der Waals surface area contributed by atoms with Crippen molar-refractivity contribution in [1.29, 1.82) is 0 Å². The topological polar surface area (TPSA) is 89.5 Å². The fourth-order valence-corrected chi connectivity index (χ4v) is 1.03. The lowest BCUT2D eigenvalue weighted by Crippen LogP contribution is -2.14. The van der Waals surface area contributed by atoms with Gasteiger partial charge in [-0.15, -0.1) is 0 Å². The molecular weight excluding hydrogens is 296 g/mol. The summed E-state index contributed by atoms with van der Waals surface area (Å²) in [6.45, 7) is 7.55. The molecule has 8 nitrogen and oxygen atoms in total. The second-order valence-corrected chi connectivity index (χ2v) is 3.64. The Labute approximate surface area is 129 Å². The first kappa shape index (κ1) is 20.1. The van der Waals surface area contributed by atoms with E-state index >= 15 is 0 Å².